The summed E-state index contributed by atoms with van der Waals surface area (Å²) < 4.78 is 0. The van der Waals surface area contributed by atoms with Gasteiger partial charge in [-0.2, -0.15) is 0 Å². The van der Waals surface area contributed by atoms with Gasteiger partial charge in [-0.05, 0) is 22.8 Å². The van der Waals surface area contributed by atoms with E-state index >= 15 is 0 Å². The molecule has 2 heterocycles. The second-order valence-corrected chi connectivity index (χ2v) is 4.89. The first-order chi connectivity index (χ1) is 8.38. The Morgan fingerprint density at radius 1 is 1.17 bits per heavy atom. The molecular formula is C14H14Br2N2. The van der Waals surface area contributed by atoms with Gasteiger partial charge in [0, 0.05) is 17.9 Å². The van der Waals surface area contributed by atoms with Crippen LogP contribution in [0.15, 0.2) is 42.6 Å². The lowest BCUT2D eigenvalue weighted by Crippen LogP contribution is -2.12. The highest BCUT2D eigenvalue weighted by Gasteiger charge is 2.20. The van der Waals surface area contributed by atoms with Crippen LogP contribution in [0.5, 0.6) is 0 Å². The normalized spacial score (nSPS) is 16.6. The van der Waals surface area contributed by atoms with Crippen LogP contribution in [0.25, 0.3) is 0 Å². The standard InChI is InChI=1S/C14H13BrN2.BrH/c15-9-13-12-6-2-1-4-10(12)8-11-5-3-7-16-14(11)17-13;/h1-7,13H,8-9H2,(H,16,17);1H/t13-;/m1./s1. The highest BCUT2D eigenvalue weighted by molar-refractivity contribution is 9.09. The van der Waals surface area contributed by atoms with Crippen molar-refractivity contribution in [3.63, 3.8) is 0 Å². The number of fused-ring (bicyclic) bond motifs is 2. The molecule has 1 aromatic heterocycles. The lowest BCUT2D eigenvalue weighted by atomic mass is 9.98. The number of pyridine rings is 1. The third-order valence-corrected chi connectivity index (χ3v) is 3.82. The van der Waals surface area contributed by atoms with Crippen molar-refractivity contribution in [2.75, 3.05) is 10.6 Å². The number of rotatable bonds is 1. The molecule has 1 aliphatic heterocycles. The summed E-state index contributed by atoms with van der Waals surface area (Å²) in [5, 5.41) is 4.40. The number of alkyl halides is 1. The van der Waals surface area contributed by atoms with E-state index < -0.39 is 0 Å². The summed E-state index contributed by atoms with van der Waals surface area (Å²) in [5.41, 5.74) is 4.02. The van der Waals surface area contributed by atoms with Gasteiger partial charge in [0.05, 0.1) is 6.04 Å². The van der Waals surface area contributed by atoms with Crippen molar-refractivity contribution in [3.05, 3.63) is 59.3 Å². The smallest absolute Gasteiger partial charge is 0.129 e. The zero-order chi connectivity index (χ0) is 11.7. The lowest BCUT2D eigenvalue weighted by molar-refractivity contribution is 0.893. The molecule has 1 aliphatic rings. The van der Waals surface area contributed by atoms with Gasteiger partial charge in [-0.1, -0.05) is 46.3 Å². The molecule has 1 aromatic carbocycles. The summed E-state index contributed by atoms with van der Waals surface area (Å²) >= 11 is 3.58. The van der Waals surface area contributed by atoms with Gasteiger partial charge in [0.25, 0.3) is 0 Å². The van der Waals surface area contributed by atoms with Crippen molar-refractivity contribution in [3.8, 4) is 0 Å². The van der Waals surface area contributed by atoms with E-state index in [1.807, 2.05) is 12.3 Å². The Hall–Kier alpha value is -0.870. The van der Waals surface area contributed by atoms with Gasteiger partial charge in [-0.3, -0.25) is 0 Å². The number of halogens is 2. The fourth-order valence-corrected chi connectivity index (χ4v) is 2.83. The van der Waals surface area contributed by atoms with Crippen LogP contribution in [-0.2, 0) is 6.42 Å². The zero-order valence-corrected chi connectivity index (χ0v) is 13.1. The monoisotopic (exact) mass is 368 g/mol. The SMILES string of the molecule is Br.BrC[C@H]1Nc2ncccc2Cc2ccccc21. The van der Waals surface area contributed by atoms with Crippen LogP contribution in [0.3, 0.4) is 0 Å². The number of aromatic nitrogens is 1. The van der Waals surface area contributed by atoms with Gasteiger partial charge in [0.2, 0.25) is 0 Å². The topological polar surface area (TPSA) is 24.9 Å². The maximum absolute atomic E-state index is 4.43. The van der Waals surface area contributed by atoms with Crippen molar-refractivity contribution in [2.45, 2.75) is 12.5 Å². The molecule has 0 spiro atoms. The van der Waals surface area contributed by atoms with Gasteiger partial charge in [0.15, 0.2) is 0 Å². The Morgan fingerprint density at radius 2 is 1.94 bits per heavy atom. The second kappa shape index (κ2) is 5.85. The van der Waals surface area contributed by atoms with Gasteiger partial charge >= 0.3 is 0 Å². The fraction of sp³-hybridized carbons (Fsp3) is 0.214. The number of anilines is 1. The van der Waals surface area contributed by atoms with E-state index in [0.717, 1.165) is 17.6 Å². The summed E-state index contributed by atoms with van der Waals surface area (Å²) in [6.07, 6.45) is 2.79. The Balaban J connectivity index is 0.00000120. The first-order valence-corrected chi connectivity index (χ1v) is 6.85. The van der Waals surface area contributed by atoms with E-state index in [4.69, 9.17) is 0 Å². The Morgan fingerprint density at radius 3 is 2.78 bits per heavy atom. The van der Waals surface area contributed by atoms with E-state index in [1.54, 1.807) is 0 Å². The fourth-order valence-electron chi connectivity index (χ4n) is 2.32. The van der Waals surface area contributed by atoms with Crippen molar-refractivity contribution in [1.82, 2.24) is 4.98 Å². The van der Waals surface area contributed by atoms with Gasteiger partial charge in [-0.15, -0.1) is 17.0 Å². The summed E-state index contributed by atoms with van der Waals surface area (Å²) in [6, 6.07) is 13.0. The molecule has 0 unspecified atom stereocenters. The van der Waals surface area contributed by atoms with Crippen LogP contribution in [0.4, 0.5) is 5.82 Å². The molecule has 94 valence electrons. The zero-order valence-electron chi connectivity index (χ0n) is 9.77. The van der Waals surface area contributed by atoms with Gasteiger partial charge in [0.1, 0.15) is 5.82 Å². The van der Waals surface area contributed by atoms with Crippen LogP contribution in [-0.4, -0.2) is 10.3 Å². The molecule has 0 amide bonds. The second-order valence-electron chi connectivity index (χ2n) is 4.24. The highest BCUT2D eigenvalue weighted by atomic mass is 79.9. The molecule has 0 saturated carbocycles. The van der Waals surface area contributed by atoms with Crippen molar-refractivity contribution in [2.24, 2.45) is 0 Å². The molecule has 0 aliphatic carbocycles. The molecule has 0 bridgehead atoms. The molecule has 4 heteroatoms. The molecule has 2 aromatic rings. The third kappa shape index (κ3) is 2.45. The maximum Gasteiger partial charge on any atom is 0.129 e. The molecule has 1 atom stereocenters. The molecule has 2 nitrogen and oxygen atoms in total. The van der Waals surface area contributed by atoms with Crippen molar-refractivity contribution >= 4 is 38.7 Å². The molecule has 0 radical (unpaired) electrons. The average molecular weight is 370 g/mol. The van der Waals surface area contributed by atoms with Gasteiger partial charge < -0.3 is 5.32 Å². The summed E-state index contributed by atoms with van der Waals surface area (Å²) in [6.45, 7) is 0. The van der Waals surface area contributed by atoms with Crippen molar-refractivity contribution < 1.29 is 0 Å². The van der Waals surface area contributed by atoms with Crippen LogP contribution in [0, 0.1) is 0 Å². The minimum atomic E-state index is 0. The van der Waals surface area contributed by atoms with E-state index in [9.17, 15) is 0 Å². The number of hydrogen-bond acceptors (Lipinski definition) is 2. The first kappa shape index (κ1) is 13.6. The van der Waals surface area contributed by atoms with E-state index in [-0.39, 0.29) is 17.0 Å². The first-order valence-electron chi connectivity index (χ1n) is 5.72. The predicted molar refractivity (Wildman–Crippen MR) is 84.0 cm³/mol. The largest absolute Gasteiger partial charge is 0.362 e. The predicted octanol–water partition coefficient (Wildman–Crippen LogP) is 4.11. The number of hydrogen-bond donors (Lipinski definition) is 1. The average Bonchev–Trinajstić information content (AvgIpc) is 2.54. The molecular weight excluding hydrogens is 356 g/mol. The van der Waals surface area contributed by atoms with Crippen LogP contribution in [0.2, 0.25) is 0 Å². The van der Waals surface area contributed by atoms with Crippen LogP contribution < -0.4 is 5.32 Å². The molecule has 18 heavy (non-hydrogen) atoms. The molecule has 3 rings (SSSR count). The third-order valence-electron chi connectivity index (χ3n) is 3.17. The molecule has 0 saturated heterocycles. The van der Waals surface area contributed by atoms with Crippen molar-refractivity contribution in [1.29, 1.82) is 0 Å². The molecule has 1 N–H and O–H groups in total. The summed E-state index contributed by atoms with van der Waals surface area (Å²) in [4.78, 5) is 4.43. The van der Waals surface area contributed by atoms with E-state index in [2.05, 4.69) is 56.6 Å². The summed E-state index contributed by atoms with van der Waals surface area (Å²) in [7, 11) is 0. The Kier molecular flexibility index (Phi) is 4.40. The minimum Gasteiger partial charge on any atom is -0.362 e. The van der Waals surface area contributed by atoms with Gasteiger partial charge in [-0.25, -0.2) is 4.98 Å². The number of nitrogens with one attached hydrogen (secondary N) is 1. The van der Waals surface area contributed by atoms with Crippen LogP contribution >= 0.6 is 32.9 Å². The maximum atomic E-state index is 4.43. The number of benzene rings is 1. The van der Waals surface area contributed by atoms with E-state index in [0.29, 0.717) is 6.04 Å². The quantitative estimate of drug-likeness (QED) is 0.765. The minimum absolute atomic E-state index is 0. The van der Waals surface area contributed by atoms with Crippen LogP contribution in [0.1, 0.15) is 22.7 Å². The number of nitrogens with zero attached hydrogens (tertiary/aromatic N) is 1. The Bertz CT molecular complexity index is 543. The Labute approximate surface area is 126 Å². The molecule has 0 fully saturated rings. The highest BCUT2D eigenvalue weighted by Crippen LogP contribution is 2.31. The summed E-state index contributed by atoms with van der Waals surface area (Å²) in [5.74, 6) is 1.01. The van der Waals surface area contributed by atoms with E-state index in [1.165, 1.54) is 16.7 Å². The lowest BCUT2D eigenvalue weighted by Gasteiger charge is -2.16.